The third-order valence-corrected chi connectivity index (χ3v) is 9.72. The number of fused-ring (bicyclic) bond motifs is 8. The second-order valence-electron chi connectivity index (χ2n) is 17.9. The summed E-state index contributed by atoms with van der Waals surface area (Å²) in [5, 5.41) is 47.9. The molecule has 0 radical (unpaired) electrons. The minimum atomic E-state index is -1.13. The summed E-state index contributed by atoms with van der Waals surface area (Å²) in [4.78, 5) is 0. The second kappa shape index (κ2) is 11.9. The zero-order chi connectivity index (χ0) is 37.5. The van der Waals surface area contributed by atoms with Gasteiger partial charge >= 0.3 is 0 Å². The molecular formula is C44H56O4. The fourth-order valence-electron chi connectivity index (χ4n) is 6.33. The first-order chi connectivity index (χ1) is 22.8. The van der Waals surface area contributed by atoms with Crippen molar-refractivity contribution in [2.45, 2.75) is 130 Å². The summed E-state index contributed by atoms with van der Waals surface area (Å²) >= 11 is 0. The van der Waals surface area contributed by atoms with Crippen LogP contribution in [0.3, 0.4) is 0 Å². The van der Waals surface area contributed by atoms with Crippen molar-refractivity contribution in [1.29, 1.82) is 0 Å². The van der Waals surface area contributed by atoms with E-state index in [0.29, 0.717) is 44.5 Å². The molecule has 4 N–H and O–H groups in total. The maximum absolute atomic E-state index is 12.0. The second-order valence-corrected chi connectivity index (χ2v) is 17.9. The third-order valence-electron chi connectivity index (χ3n) is 9.72. The van der Waals surface area contributed by atoms with Crippen LogP contribution in [0.4, 0.5) is 0 Å². The molecule has 8 bridgehead atoms. The van der Waals surface area contributed by atoms with E-state index in [1.54, 1.807) is 0 Å². The highest BCUT2D eigenvalue weighted by Crippen LogP contribution is 2.43. The zero-order valence-corrected chi connectivity index (χ0v) is 31.0. The van der Waals surface area contributed by atoms with Crippen molar-refractivity contribution in [1.82, 2.24) is 0 Å². The first-order valence-corrected chi connectivity index (χ1v) is 17.1. The SMILES string of the molecule is [2H]C1c2cc(C(C)(C)C)cc(c2O)Cc2cc(C(C)(C)C)cc(c2O)C([2H])c2cc(C(C)(C)C)cc(c2O)Cc2cc(C(C)(C)C)cc1c2O. The molecule has 4 nitrogen and oxygen atoms in total. The predicted octanol–water partition coefficient (Wildman–Crippen LogP) is 10.4. The summed E-state index contributed by atoms with van der Waals surface area (Å²) in [6.45, 7) is 25.0. The van der Waals surface area contributed by atoms with Crippen molar-refractivity contribution in [2.24, 2.45) is 0 Å². The Morgan fingerprint density at radius 3 is 0.688 bits per heavy atom. The third kappa shape index (κ3) is 7.09. The van der Waals surface area contributed by atoms with E-state index in [1.165, 1.54) is 0 Å². The van der Waals surface area contributed by atoms with Crippen LogP contribution < -0.4 is 0 Å². The van der Waals surface area contributed by atoms with Gasteiger partial charge < -0.3 is 20.4 Å². The molecular weight excluding hydrogens is 592 g/mol. The average Bonchev–Trinajstić information content (AvgIpc) is 2.97. The Balaban J connectivity index is 1.96. The summed E-state index contributed by atoms with van der Waals surface area (Å²) in [5.41, 5.74) is 6.09. The molecule has 0 saturated heterocycles. The molecule has 0 aliphatic heterocycles. The largest absolute Gasteiger partial charge is 0.507 e. The van der Waals surface area contributed by atoms with Crippen LogP contribution in [0.25, 0.3) is 0 Å². The molecule has 0 saturated carbocycles. The summed E-state index contributed by atoms with van der Waals surface area (Å²) in [6.07, 6.45) is -1.94. The molecule has 0 amide bonds. The lowest BCUT2D eigenvalue weighted by molar-refractivity contribution is 0.448. The number of phenols is 4. The molecule has 1 aliphatic rings. The molecule has 0 heterocycles. The summed E-state index contributed by atoms with van der Waals surface area (Å²) in [5.74, 6) is -0.187. The van der Waals surface area contributed by atoms with Gasteiger partial charge in [0.1, 0.15) is 23.0 Å². The Morgan fingerprint density at radius 2 is 0.521 bits per heavy atom. The van der Waals surface area contributed by atoms with Gasteiger partial charge in [-0.25, -0.2) is 0 Å². The van der Waals surface area contributed by atoms with Gasteiger partial charge in [-0.05, 0) is 88.4 Å². The Morgan fingerprint density at radius 1 is 0.354 bits per heavy atom. The van der Waals surface area contributed by atoms with Crippen LogP contribution in [0.5, 0.6) is 23.0 Å². The molecule has 4 aromatic rings. The van der Waals surface area contributed by atoms with Crippen LogP contribution in [-0.2, 0) is 47.3 Å². The molecule has 0 spiro atoms. The molecule has 1 aliphatic carbocycles. The minimum Gasteiger partial charge on any atom is -0.507 e. The topological polar surface area (TPSA) is 80.9 Å². The lowest BCUT2D eigenvalue weighted by Gasteiger charge is -2.27. The van der Waals surface area contributed by atoms with E-state index in [9.17, 15) is 23.2 Å². The van der Waals surface area contributed by atoms with Crippen LogP contribution in [0.2, 0.25) is 0 Å². The van der Waals surface area contributed by atoms with Crippen LogP contribution in [0, 0.1) is 0 Å². The van der Waals surface area contributed by atoms with Gasteiger partial charge in [-0.15, -0.1) is 0 Å². The highest BCUT2D eigenvalue weighted by molar-refractivity contribution is 5.58. The van der Waals surface area contributed by atoms with Crippen molar-refractivity contribution < 1.29 is 23.2 Å². The normalized spacial score (nSPS) is 17.9. The molecule has 256 valence electrons. The number of hydrogen-bond donors (Lipinski definition) is 4. The fourth-order valence-corrected chi connectivity index (χ4v) is 6.33. The van der Waals surface area contributed by atoms with Gasteiger partial charge in [0.2, 0.25) is 0 Å². The van der Waals surface area contributed by atoms with Crippen molar-refractivity contribution >= 4 is 0 Å². The Kier molecular flexibility index (Phi) is 8.08. The molecule has 0 unspecified atom stereocenters. The van der Waals surface area contributed by atoms with E-state index >= 15 is 0 Å². The van der Waals surface area contributed by atoms with Gasteiger partial charge in [0.05, 0.1) is 0 Å². The van der Waals surface area contributed by atoms with Crippen molar-refractivity contribution in [3.05, 3.63) is 115 Å². The first kappa shape index (κ1) is 32.6. The van der Waals surface area contributed by atoms with Gasteiger partial charge in [0.25, 0.3) is 0 Å². The molecule has 0 fully saturated rings. The number of hydrogen-bond acceptors (Lipinski definition) is 4. The quantitative estimate of drug-likeness (QED) is 0.153. The van der Waals surface area contributed by atoms with E-state index in [1.807, 2.05) is 48.5 Å². The van der Waals surface area contributed by atoms with E-state index in [4.69, 9.17) is 0 Å². The van der Waals surface area contributed by atoms with Crippen molar-refractivity contribution in [3.8, 4) is 23.0 Å². The van der Waals surface area contributed by atoms with E-state index in [-0.39, 0.29) is 57.5 Å². The van der Waals surface area contributed by atoms with Gasteiger partial charge in [-0.1, -0.05) is 132 Å². The van der Waals surface area contributed by atoms with E-state index in [2.05, 4.69) is 83.1 Å². The minimum absolute atomic E-state index is 0.0468. The molecule has 4 heteroatoms. The Labute approximate surface area is 291 Å². The maximum Gasteiger partial charge on any atom is 0.122 e. The van der Waals surface area contributed by atoms with Crippen molar-refractivity contribution in [2.75, 3.05) is 0 Å². The van der Waals surface area contributed by atoms with Crippen LogP contribution >= 0.6 is 0 Å². The molecule has 48 heavy (non-hydrogen) atoms. The molecule has 5 rings (SSSR count). The number of rotatable bonds is 0. The van der Waals surface area contributed by atoms with Crippen LogP contribution in [0.15, 0.2) is 48.5 Å². The Hall–Kier alpha value is -3.92. The number of phenolic OH excluding ortho intramolecular Hbond substituents is 4. The fraction of sp³-hybridized carbons (Fsp3) is 0.455. The van der Waals surface area contributed by atoms with Crippen LogP contribution in [-0.4, -0.2) is 20.4 Å². The van der Waals surface area contributed by atoms with Gasteiger partial charge in [0.15, 0.2) is 0 Å². The zero-order valence-electron chi connectivity index (χ0n) is 33.0. The highest BCUT2D eigenvalue weighted by atomic mass is 16.3. The monoisotopic (exact) mass is 650 g/mol. The summed E-state index contributed by atoms with van der Waals surface area (Å²) in [7, 11) is 0. The summed E-state index contributed by atoms with van der Waals surface area (Å²) < 4.78 is 19.3. The standard InChI is InChI=1S/C44H56O4/c1-41(2,3)33-17-25-13-27-19-34(42(4,5)6)21-29(38(27)46)15-31-23-36(44(10,11)12)24-32(40(31)48)16-30-22-35(43(7,8)9)20-28(39(30)47)14-26(18-33)37(25)45/h17-24,45-48H,13-16H2,1-12H3/i13D,16D. The average molecular weight is 651 g/mol. The maximum atomic E-state index is 12.0. The smallest absolute Gasteiger partial charge is 0.122 e. The van der Waals surface area contributed by atoms with Crippen LogP contribution in [0.1, 0.15) is 153 Å². The molecule has 4 aromatic carbocycles. The highest BCUT2D eigenvalue weighted by Gasteiger charge is 2.27. The lowest BCUT2D eigenvalue weighted by atomic mass is 9.79. The lowest BCUT2D eigenvalue weighted by Crippen LogP contribution is -2.15. The van der Waals surface area contributed by atoms with Gasteiger partial charge in [0, 0.05) is 28.4 Å². The first-order valence-electron chi connectivity index (χ1n) is 18.2. The van der Waals surface area contributed by atoms with Crippen molar-refractivity contribution in [3.63, 3.8) is 0 Å². The van der Waals surface area contributed by atoms with E-state index < -0.39 is 12.8 Å². The number of benzene rings is 4. The van der Waals surface area contributed by atoms with E-state index in [0.717, 1.165) is 22.3 Å². The molecule has 0 aromatic heterocycles. The molecule has 0 atom stereocenters. The number of aromatic hydroxyl groups is 4. The summed E-state index contributed by atoms with van der Waals surface area (Å²) in [6, 6.07) is 15.2. The van der Waals surface area contributed by atoms with Gasteiger partial charge in [-0.3, -0.25) is 0 Å². The predicted molar refractivity (Wildman–Crippen MR) is 198 cm³/mol. The Bertz CT molecular complexity index is 1680. The van der Waals surface area contributed by atoms with Gasteiger partial charge in [-0.2, -0.15) is 0 Å².